The summed E-state index contributed by atoms with van der Waals surface area (Å²) in [7, 11) is 3.97. The molecule has 1 atom stereocenters. The Morgan fingerprint density at radius 3 is 2.04 bits per heavy atom. The fourth-order valence-electron chi connectivity index (χ4n) is 5.04. The molecule has 0 spiro atoms. The van der Waals surface area contributed by atoms with Gasteiger partial charge in [-0.25, -0.2) is 0 Å². The Bertz CT molecular complexity index is 1810. The highest BCUT2D eigenvalue weighted by Crippen LogP contribution is 2.48. The number of ether oxygens (including phenoxy) is 4. The van der Waals surface area contributed by atoms with Crippen molar-refractivity contribution >= 4 is 14.0 Å². The van der Waals surface area contributed by atoms with Crippen molar-refractivity contribution in [3.8, 4) is 46.0 Å². The Morgan fingerprint density at radius 2 is 1.45 bits per heavy atom. The molecule has 1 N–H and O–H groups in total. The maximum Gasteiger partial charge on any atom is 0.416 e. The number of rotatable bonds is 11. The molecule has 0 aliphatic carbocycles. The Labute approximate surface area is 288 Å². The van der Waals surface area contributed by atoms with Crippen molar-refractivity contribution in [2.75, 3.05) is 33.8 Å². The smallest absolute Gasteiger partial charge is 0.416 e. The van der Waals surface area contributed by atoms with E-state index in [9.17, 15) is 13.2 Å². The lowest BCUT2D eigenvalue weighted by molar-refractivity contribution is -0.137. The van der Waals surface area contributed by atoms with E-state index in [1.54, 1.807) is 34.5 Å². The summed E-state index contributed by atoms with van der Waals surface area (Å²) in [6, 6.07) is 21.1. The summed E-state index contributed by atoms with van der Waals surface area (Å²) in [4.78, 5) is 0. The zero-order valence-electron chi connectivity index (χ0n) is 29.5. The second kappa shape index (κ2) is 15.3. The minimum absolute atomic E-state index is 0.0603. The molecule has 0 bridgehead atoms. The summed E-state index contributed by atoms with van der Waals surface area (Å²) in [5.74, 6) is 8.34. The van der Waals surface area contributed by atoms with E-state index in [-0.39, 0.29) is 17.3 Å². The number of hydrogen-bond donors (Lipinski definition) is 1. The monoisotopic (exact) mass is 691 g/mol. The SMILES string of the molecule is COc1ccc(-c2cc(OC)c(OC)c(OC)c2CO[Si](C)(C)C(C)(C)C)c(C(C#Cc2ccccc2)Nc2cccc(C(F)(F)F)c2)c1. The Hall–Kier alpha value is -4.59. The molecule has 0 aliphatic heterocycles. The molecule has 0 radical (unpaired) electrons. The van der Waals surface area contributed by atoms with Gasteiger partial charge in [0.1, 0.15) is 11.8 Å². The van der Waals surface area contributed by atoms with E-state index in [2.05, 4.69) is 51.0 Å². The van der Waals surface area contributed by atoms with Crippen LogP contribution < -0.4 is 24.3 Å². The van der Waals surface area contributed by atoms with Crippen LogP contribution in [-0.4, -0.2) is 36.8 Å². The van der Waals surface area contributed by atoms with Crippen molar-refractivity contribution < 1.29 is 36.5 Å². The molecule has 0 amide bonds. The molecule has 10 heteroatoms. The van der Waals surface area contributed by atoms with Gasteiger partial charge in [-0.2, -0.15) is 13.2 Å². The van der Waals surface area contributed by atoms with Gasteiger partial charge < -0.3 is 28.7 Å². The van der Waals surface area contributed by atoms with Crippen LogP contribution in [-0.2, 0) is 17.2 Å². The van der Waals surface area contributed by atoms with E-state index in [4.69, 9.17) is 23.4 Å². The van der Waals surface area contributed by atoms with Crippen molar-refractivity contribution in [2.24, 2.45) is 0 Å². The summed E-state index contributed by atoms with van der Waals surface area (Å²) in [6.45, 7) is 11.1. The fraction of sp³-hybridized carbons (Fsp3) is 0.333. The molecule has 6 nitrogen and oxygen atoms in total. The molecule has 49 heavy (non-hydrogen) atoms. The topological polar surface area (TPSA) is 58.2 Å². The fourth-order valence-corrected chi connectivity index (χ4v) is 5.98. The third-order valence-electron chi connectivity index (χ3n) is 8.81. The third-order valence-corrected chi connectivity index (χ3v) is 13.3. The van der Waals surface area contributed by atoms with Gasteiger partial charge in [-0.05, 0) is 83.4 Å². The molecule has 0 saturated heterocycles. The quantitative estimate of drug-likeness (QED) is 0.125. The van der Waals surface area contributed by atoms with E-state index >= 15 is 0 Å². The van der Waals surface area contributed by atoms with Gasteiger partial charge in [0.25, 0.3) is 0 Å². The first-order chi connectivity index (χ1) is 23.1. The average Bonchev–Trinajstić information content (AvgIpc) is 3.07. The summed E-state index contributed by atoms with van der Waals surface area (Å²) >= 11 is 0. The molecule has 0 saturated carbocycles. The molecule has 4 aromatic carbocycles. The van der Waals surface area contributed by atoms with Crippen LogP contribution in [0.3, 0.4) is 0 Å². The number of hydrogen-bond acceptors (Lipinski definition) is 6. The van der Waals surface area contributed by atoms with Gasteiger partial charge in [-0.3, -0.25) is 0 Å². The van der Waals surface area contributed by atoms with Crippen LogP contribution in [0.5, 0.6) is 23.0 Å². The predicted molar refractivity (Wildman–Crippen MR) is 191 cm³/mol. The summed E-state index contributed by atoms with van der Waals surface area (Å²) in [5, 5.41) is 3.21. The molecule has 4 aromatic rings. The van der Waals surface area contributed by atoms with Gasteiger partial charge in [0, 0.05) is 16.8 Å². The van der Waals surface area contributed by atoms with Crippen molar-refractivity contribution in [1.29, 1.82) is 0 Å². The first-order valence-corrected chi connectivity index (χ1v) is 18.7. The Balaban J connectivity index is 2.01. The van der Waals surface area contributed by atoms with Crippen molar-refractivity contribution in [3.05, 3.63) is 101 Å². The minimum Gasteiger partial charge on any atom is -0.497 e. The van der Waals surface area contributed by atoms with Crippen molar-refractivity contribution in [2.45, 2.75) is 57.7 Å². The zero-order valence-corrected chi connectivity index (χ0v) is 30.5. The molecule has 0 aromatic heterocycles. The standard InChI is InChI=1S/C39H44F3NO5Si/c1-38(2,3)49(8,9)48-25-33-31(24-35(45-5)37(47-7)36(33)46-6)30-20-19-29(44-4)23-32(30)34(21-18-26-14-11-10-12-15-26)43-28-17-13-16-27(22-28)39(40,41)42/h10-17,19-20,22-24,34,43H,25H2,1-9H3. The molecule has 0 aliphatic rings. The Morgan fingerprint density at radius 1 is 0.755 bits per heavy atom. The lowest BCUT2D eigenvalue weighted by Gasteiger charge is -2.36. The minimum atomic E-state index is -4.51. The van der Waals surface area contributed by atoms with Gasteiger partial charge in [0.15, 0.2) is 19.8 Å². The number of nitrogens with one attached hydrogen (secondary N) is 1. The van der Waals surface area contributed by atoms with Gasteiger partial charge >= 0.3 is 6.18 Å². The first kappa shape index (κ1) is 37.2. The molecular formula is C39H44F3NO5Si. The maximum atomic E-state index is 13.7. The van der Waals surface area contributed by atoms with Crippen LogP contribution in [0.2, 0.25) is 18.1 Å². The maximum absolute atomic E-state index is 13.7. The zero-order chi connectivity index (χ0) is 36.0. The molecule has 260 valence electrons. The van der Waals surface area contributed by atoms with Crippen LogP contribution in [0.25, 0.3) is 11.1 Å². The highest BCUT2D eigenvalue weighted by Gasteiger charge is 2.38. The number of anilines is 1. The van der Waals surface area contributed by atoms with Crippen LogP contribution in [0.4, 0.5) is 18.9 Å². The van der Waals surface area contributed by atoms with Crippen molar-refractivity contribution in [3.63, 3.8) is 0 Å². The largest absolute Gasteiger partial charge is 0.497 e. The van der Waals surface area contributed by atoms with Gasteiger partial charge in [-0.1, -0.05) is 62.9 Å². The molecule has 1 unspecified atom stereocenters. The molecule has 0 fully saturated rings. The van der Waals surface area contributed by atoms with Crippen LogP contribution in [0, 0.1) is 11.8 Å². The van der Waals surface area contributed by atoms with Gasteiger partial charge in [0.2, 0.25) is 5.75 Å². The van der Waals surface area contributed by atoms with E-state index in [0.717, 1.165) is 34.4 Å². The van der Waals surface area contributed by atoms with E-state index in [1.807, 2.05) is 54.6 Å². The lowest BCUT2D eigenvalue weighted by atomic mass is 9.90. The average molecular weight is 692 g/mol. The van der Waals surface area contributed by atoms with Gasteiger partial charge in [0.05, 0.1) is 40.6 Å². The lowest BCUT2D eigenvalue weighted by Crippen LogP contribution is -2.40. The number of methoxy groups -OCH3 is 4. The van der Waals surface area contributed by atoms with E-state index in [0.29, 0.717) is 28.6 Å². The number of benzene rings is 4. The summed E-state index contributed by atoms with van der Waals surface area (Å²) < 4.78 is 71.1. The second-order valence-electron chi connectivity index (χ2n) is 13.0. The summed E-state index contributed by atoms with van der Waals surface area (Å²) in [5.41, 5.74) is 3.06. The Kier molecular flexibility index (Phi) is 11.6. The first-order valence-electron chi connectivity index (χ1n) is 15.8. The van der Waals surface area contributed by atoms with Crippen LogP contribution >= 0.6 is 0 Å². The molecule has 0 heterocycles. The highest BCUT2D eigenvalue weighted by molar-refractivity contribution is 6.74. The van der Waals surface area contributed by atoms with Crippen molar-refractivity contribution in [1.82, 2.24) is 0 Å². The summed E-state index contributed by atoms with van der Waals surface area (Å²) in [6.07, 6.45) is -4.51. The number of alkyl halides is 3. The normalized spacial score (nSPS) is 12.4. The molecule has 4 rings (SSSR count). The van der Waals surface area contributed by atoms with Crippen LogP contribution in [0.15, 0.2) is 78.9 Å². The number of halogens is 3. The predicted octanol–water partition coefficient (Wildman–Crippen LogP) is 10.1. The van der Waals surface area contributed by atoms with Gasteiger partial charge in [-0.15, -0.1) is 0 Å². The molecular weight excluding hydrogens is 648 g/mol. The second-order valence-corrected chi connectivity index (χ2v) is 17.8. The third kappa shape index (κ3) is 8.72. The van der Waals surface area contributed by atoms with E-state index in [1.165, 1.54) is 6.07 Å². The van der Waals surface area contributed by atoms with E-state index < -0.39 is 26.1 Å². The highest BCUT2D eigenvalue weighted by atomic mass is 28.4. The van der Waals surface area contributed by atoms with Crippen LogP contribution in [0.1, 0.15) is 49.1 Å².